The Morgan fingerprint density at radius 1 is 0.862 bits per heavy atom. The van der Waals surface area contributed by atoms with Crippen LogP contribution in [0.2, 0.25) is 0 Å². The Balaban J connectivity index is 2.21. The van der Waals surface area contributed by atoms with E-state index in [1.165, 1.54) is 0 Å². The van der Waals surface area contributed by atoms with E-state index >= 15 is 0 Å². The van der Waals surface area contributed by atoms with E-state index < -0.39 is 18.2 Å². The lowest BCUT2D eigenvalue weighted by atomic mass is 9.99. The van der Waals surface area contributed by atoms with Crippen molar-refractivity contribution in [3.63, 3.8) is 0 Å². The van der Waals surface area contributed by atoms with Gasteiger partial charge in [-0.1, -0.05) is 37.6 Å². The van der Waals surface area contributed by atoms with Crippen molar-refractivity contribution in [1.29, 1.82) is 0 Å². The number of hydrogen-bond acceptors (Lipinski definition) is 6. The van der Waals surface area contributed by atoms with Gasteiger partial charge in [-0.15, -0.1) is 0 Å². The average molecular weight is 404 g/mol. The van der Waals surface area contributed by atoms with Gasteiger partial charge in [-0.05, 0) is 30.7 Å². The maximum atomic E-state index is 11.2. The second-order valence-electron chi connectivity index (χ2n) is 6.49. The second-order valence-corrected chi connectivity index (χ2v) is 6.49. The minimum atomic E-state index is -1.06. The Morgan fingerprint density at radius 3 is 1.69 bits per heavy atom. The number of para-hydroxylation sites is 4. The van der Waals surface area contributed by atoms with E-state index in [0.717, 1.165) is 6.42 Å². The molecule has 0 aliphatic carbocycles. The fourth-order valence-electron chi connectivity index (χ4n) is 2.91. The van der Waals surface area contributed by atoms with Gasteiger partial charge < -0.3 is 28.8 Å². The van der Waals surface area contributed by atoms with Crippen LogP contribution >= 0.6 is 0 Å². The number of carbonyl (C=O) groups is 1. The van der Waals surface area contributed by atoms with E-state index in [1.807, 2.05) is 31.2 Å². The van der Waals surface area contributed by atoms with Crippen LogP contribution in [0.5, 0.6) is 23.0 Å². The molecule has 158 valence electrons. The monoisotopic (exact) mass is 404 g/mol. The number of carboxylic acid groups (broad SMARTS) is 1. The highest BCUT2D eigenvalue weighted by molar-refractivity contribution is 5.68. The van der Waals surface area contributed by atoms with E-state index in [-0.39, 0.29) is 13.2 Å². The van der Waals surface area contributed by atoms with Crippen molar-refractivity contribution in [2.45, 2.75) is 25.4 Å². The summed E-state index contributed by atoms with van der Waals surface area (Å²) in [5.74, 6) is 1.21. The Kier molecular flexibility index (Phi) is 8.61. The summed E-state index contributed by atoms with van der Waals surface area (Å²) in [5, 5.41) is 9.13. The molecule has 0 bridgehead atoms. The number of rotatable bonds is 13. The summed E-state index contributed by atoms with van der Waals surface area (Å²) >= 11 is 0. The Hall–Kier alpha value is -2.93. The van der Waals surface area contributed by atoms with Gasteiger partial charge >= 0.3 is 5.97 Å². The smallest absolute Gasteiger partial charge is 0.329 e. The molecule has 0 fully saturated rings. The molecule has 0 radical (unpaired) electrons. The third kappa shape index (κ3) is 6.57. The van der Waals surface area contributed by atoms with E-state index in [9.17, 15) is 4.79 Å². The fraction of sp³-hybridized carbons (Fsp3) is 0.409. The highest BCUT2D eigenvalue weighted by Crippen LogP contribution is 2.31. The molecule has 0 unspecified atom stereocenters. The molecule has 29 heavy (non-hydrogen) atoms. The van der Waals surface area contributed by atoms with Crippen LogP contribution in [0, 0.1) is 0 Å². The first kappa shape index (κ1) is 22.4. The number of carboxylic acids is 1. The van der Waals surface area contributed by atoms with Crippen molar-refractivity contribution in [3.05, 3.63) is 48.5 Å². The zero-order valence-corrected chi connectivity index (χ0v) is 17.1. The first-order chi connectivity index (χ1) is 14.0. The Bertz CT molecular complexity index is 724. The van der Waals surface area contributed by atoms with Crippen LogP contribution in [0.4, 0.5) is 0 Å². The van der Waals surface area contributed by atoms with Crippen LogP contribution < -0.4 is 18.9 Å². The molecule has 0 atom stereocenters. The second kappa shape index (κ2) is 11.2. The molecule has 2 aromatic carbocycles. The molecule has 7 heteroatoms. The Labute approximate surface area is 171 Å². The fourth-order valence-corrected chi connectivity index (χ4v) is 2.91. The molecular formula is C22H28O7. The van der Waals surface area contributed by atoms with Crippen LogP contribution in [0.3, 0.4) is 0 Å². The van der Waals surface area contributed by atoms with Gasteiger partial charge in [0.05, 0.1) is 14.2 Å². The first-order valence-electron chi connectivity index (χ1n) is 9.41. The van der Waals surface area contributed by atoms with Gasteiger partial charge in [0.2, 0.25) is 0 Å². The van der Waals surface area contributed by atoms with Crippen molar-refractivity contribution < 1.29 is 33.6 Å². The van der Waals surface area contributed by atoms with Crippen LogP contribution in [0.1, 0.15) is 19.8 Å². The SMILES string of the molecule is CCCC(COc1ccccc1OC)(COc1ccccc1OC)OCC(=O)O. The molecule has 0 aromatic heterocycles. The third-order valence-electron chi connectivity index (χ3n) is 4.33. The third-order valence-corrected chi connectivity index (χ3v) is 4.33. The number of ether oxygens (including phenoxy) is 5. The van der Waals surface area contributed by atoms with Crippen molar-refractivity contribution in [2.24, 2.45) is 0 Å². The highest BCUT2D eigenvalue weighted by atomic mass is 16.6. The first-order valence-corrected chi connectivity index (χ1v) is 9.41. The van der Waals surface area contributed by atoms with Gasteiger partial charge in [-0.25, -0.2) is 4.79 Å². The van der Waals surface area contributed by atoms with Gasteiger partial charge in [0.1, 0.15) is 25.4 Å². The molecule has 2 rings (SSSR count). The van der Waals surface area contributed by atoms with Crippen LogP contribution in [-0.4, -0.2) is 50.7 Å². The van der Waals surface area contributed by atoms with Gasteiger partial charge in [0, 0.05) is 0 Å². The number of benzene rings is 2. The molecule has 0 aliphatic heterocycles. The average Bonchev–Trinajstić information content (AvgIpc) is 2.75. The number of aliphatic carboxylic acids is 1. The summed E-state index contributed by atoms with van der Waals surface area (Å²) < 4.78 is 28.4. The van der Waals surface area contributed by atoms with E-state index in [4.69, 9.17) is 28.8 Å². The van der Waals surface area contributed by atoms with Crippen LogP contribution in [0.15, 0.2) is 48.5 Å². The van der Waals surface area contributed by atoms with Crippen LogP contribution in [-0.2, 0) is 9.53 Å². The van der Waals surface area contributed by atoms with Crippen molar-refractivity contribution >= 4 is 5.97 Å². The molecule has 0 saturated heterocycles. The minimum Gasteiger partial charge on any atom is -0.493 e. The van der Waals surface area contributed by atoms with Gasteiger partial charge in [-0.2, -0.15) is 0 Å². The predicted molar refractivity (Wildman–Crippen MR) is 108 cm³/mol. The maximum Gasteiger partial charge on any atom is 0.329 e. The Morgan fingerprint density at radius 2 is 1.31 bits per heavy atom. The lowest BCUT2D eigenvalue weighted by Crippen LogP contribution is -2.46. The molecular weight excluding hydrogens is 376 g/mol. The maximum absolute atomic E-state index is 11.2. The quantitative estimate of drug-likeness (QED) is 0.544. The molecule has 0 spiro atoms. The normalized spacial score (nSPS) is 11.0. The lowest BCUT2D eigenvalue weighted by molar-refractivity contribution is -0.156. The van der Waals surface area contributed by atoms with E-state index in [0.29, 0.717) is 29.4 Å². The molecule has 0 amide bonds. The van der Waals surface area contributed by atoms with E-state index in [2.05, 4.69) is 0 Å². The molecule has 7 nitrogen and oxygen atoms in total. The van der Waals surface area contributed by atoms with Gasteiger partial charge in [0.25, 0.3) is 0 Å². The zero-order chi connectivity index (χ0) is 21.1. The van der Waals surface area contributed by atoms with Crippen LogP contribution in [0.25, 0.3) is 0 Å². The summed E-state index contributed by atoms with van der Waals surface area (Å²) in [6.07, 6.45) is 1.30. The van der Waals surface area contributed by atoms with Crippen molar-refractivity contribution in [2.75, 3.05) is 34.0 Å². The summed E-state index contributed by atoms with van der Waals surface area (Å²) in [5.41, 5.74) is -0.963. The summed E-state index contributed by atoms with van der Waals surface area (Å²) in [7, 11) is 3.13. The predicted octanol–water partition coefficient (Wildman–Crippen LogP) is 3.80. The largest absolute Gasteiger partial charge is 0.493 e. The molecule has 0 saturated carbocycles. The topological polar surface area (TPSA) is 83.5 Å². The van der Waals surface area contributed by atoms with Crippen molar-refractivity contribution in [3.8, 4) is 23.0 Å². The molecule has 0 heterocycles. The number of methoxy groups -OCH3 is 2. The molecule has 1 N–H and O–H groups in total. The standard InChI is InChI=1S/C22H28O7/c1-4-13-22(29-14-21(23)24,15-27-19-11-7-5-9-17(19)25-2)16-28-20-12-8-6-10-18(20)26-3/h5-12H,4,13-16H2,1-3H3,(H,23,24). The summed E-state index contributed by atoms with van der Waals surface area (Å²) in [6.45, 7) is 1.74. The van der Waals surface area contributed by atoms with Gasteiger partial charge in [-0.3, -0.25) is 0 Å². The van der Waals surface area contributed by atoms with E-state index in [1.54, 1.807) is 38.5 Å². The molecule has 0 aliphatic rings. The van der Waals surface area contributed by atoms with Crippen molar-refractivity contribution in [1.82, 2.24) is 0 Å². The highest BCUT2D eigenvalue weighted by Gasteiger charge is 2.34. The number of hydrogen-bond donors (Lipinski definition) is 1. The summed E-state index contributed by atoms with van der Waals surface area (Å²) in [4.78, 5) is 11.2. The van der Waals surface area contributed by atoms with Gasteiger partial charge in [0.15, 0.2) is 23.0 Å². The lowest BCUT2D eigenvalue weighted by Gasteiger charge is -2.33. The summed E-state index contributed by atoms with van der Waals surface area (Å²) in [6, 6.07) is 14.5. The molecule has 2 aromatic rings. The minimum absolute atomic E-state index is 0.101. The zero-order valence-electron chi connectivity index (χ0n) is 17.1.